The van der Waals surface area contributed by atoms with Gasteiger partial charge in [0.25, 0.3) is 0 Å². The van der Waals surface area contributed by atoms with Crippen LogP contribution in [0.1, 0.15) is 58.8 Å². The van der Waals surface area contributed by atoms with Gasteiger partial charge in [0.15, 0.2) is 0 Å². The molecule has 0 aromatic carbocycles. The lowest BCUT2D eigenvalue weighted by Gasteiger charge is -2.40. The SMILES string of the molecule is CC(C)NC1(C(=O)O)CCCC(OCC2CCCCO2)C1. The molecule has 3 atom stereocenters. The maximum absolute atomic E-state index is 11.7. The maximum Gasteiger partial charge on any atom is 0.324 e. The zero-order valence-electron chi connectivity index (χ0n) is 13.3. The first-order valence-electron chi connectivity index (χ1n) is 8.26. The summed E-state index contributed by atoms with van der Waals surface area (Å²) in [6, 6.07) is 0.154. The Morgan fingerprint density at radius 3 is 2.81 bits per heavy atom. The van der Waals surface area contributed by atoms with E-state index in [-0.39, 0.29) is 18.2 Å². The van der Waals surface area contributed by atoms with Crippen molar-refractivity contribution in [3.63, 3.8) is 0 Å². The quantitative estimate of drug-likeness (QED) is 0.788. The topological polar surface area (TPSA) is 67.8 Å². The highest BCUT2D eigenvalue weighted by atomic mass is 16.5. The summed E-state index contributed by atoms with van der Waals surface area (Å²) in [7, 11) is 0. The van der Waals surface area contributed by atoms with Gasteiger partial charge in [-0.3, -0.25) is 10.1 Å². The molecule has 5 heteroatoms. The van der Waals surface area contributed by atoms with Gasteiger partial charge in [0.05, 0.1) is 18.8 Å². The zero-order chi connectivity index (χ0) is 15.3. The van der Waals surface area contributed by atoms with Crippen LogP contribution in [-0.2, 0) is 14.3 Å². The molecule has 21 heavy (non-hydrogen) atoms. The van der Waals surface area contributed by atoms with Crippen LogP contribution in [0.15, 0.2) is 0 Å². The third kappa shape index (κ3) is 4.66. The first kappa shape index (κ1) is 16.7. The highest BCUT2D eigenvalue weighted by Crippen LogP contribution is 2.31. The Hall–Kier alpha value is -0.650. The summed E-state index contributed by atoms with van der Waals surface area (Å²) in [6.45, 7) is 5.41. The van der Waals surface area contributed by atoms with Crippen LogP contribution >= 0.6 is 0 Å². The Morgan fingerprint density at radius 1 is 1.38 bits per heavy atom. The molecule has 0 bridgehead atoms. The van der Waals surface area contributed by atoms with Gasteiger partial charge in [-0.15, -0.1) is 0 Å². The van der Waals surface area contributed by atoms with E-state index in [2.05, 4.69) is 5.32 Å². The van der Waals surface area contributed by atoms with Crippen molar-refractivity contribution in [3.05, 3.63) is 0 Å². The number of ether oxygens (including phenoxy) is 2. The molecule has 0 aromatic heterocycles. The number of carboxylic acids is 1. The standard InChI is InChI=1S/C16H29NO4/c1-12(2)17-16(15(18)19)8-5-7-13(10-16)21-11-14-6-3-4-9-20-14/h12-14,17H,3-11H2,1-2H3,(H,18,19). The van der Waals surface area contributed by atoms with Crippen molar-refractivity contribution in [1.29, 1.82) is 0 Å². The smallest absolute Gasteiger partial charge is 0.324 e. The summed E-state index contributed by atoms with van der Waals surface area (Å²) in [5.74, 6) is -0.751. The van der Waals surface area contributed by atoms with Gasteiger partial charge in [0, 0.05) is 19.1 Å². The van der Waals surface area contributed by atoms with E-state index in [9.17, 15) is 9.90 Å². The average Bonchev–Trinajstić information content (AvgIpc) is 2.46. The molecule has 5 nitrogen and oxygen atoms in total. The van der Waals surface area contributed by atoms with Crippen molar-refractivity contribution in [1.82, 2.24) is 5.32 Å². The van der Waals surface area contributed by atoms with Crippen molar-refractivity contribution in [2.45, 2.75) is 82.6 Å². The molecule has 1 aliphatic carbocycles. The van der Waals surface area contributed by atoms with Crippen LogP contribution in [0.4, 0.5) is 0 Å². The lowest BCUT2D eigenvalue weighted by molar-refractivity contribution is -0.150. The van der Waals surface area contributed by atoms with Crippen LogP contribution in [0.2, 0.25) is 0 Å². The van der Waals surface area contributed by atoms with E-state index < -0.39 is 11.5 Å². The molecule has 0 radical (unpaired) electrons. The average molecular weight is 299 g/mol. The Bertz CT molecular complexity index is 341. The van der Waals surface area contributed by atoms with Gasteiger partial charge in [0.2, 0.25) is 0 Å². The Labute approximate surface area is 127 Å². The lowest BCUT2D eigenvalue weighted by atomic mass is 9.79. The third-order valence-electron chi connectivity index (χ3n) is 4.47. The predicted molar refractivity (Wildman–Crippen MR) is 80.4 cm³/mol. The fourth-order valence-electron chi connectivity index (χ4n) is 3.49. The Morgan fingerprint density at radius 2 is 2.19 bits per heavy atom. The number of hydrogen-bond donors (Lipinski definition) is 2. The number of nitrogens with one attached hydrogen (secondary N) is 1. The van der Waals surface area contributed by atoms with E-state index in [1.54, 1.807) is 0 Å². The number of carboxylic acid groups (broad SMARTS) is 1. The summed E-state index contributed by atoms with van der Waals surface area (Å²) in [4.78, 5) is 11.7. The molecule has 2 fully saturated rings. The highest BCUT2D eigenvalue weighted by Gasteiger charge is 2.43. The molecular formula is C16H29NO4. The number of aliphatic carboxylic acids is 1. The van der Waals surface area contributed by atoms with E-state index in [0.29, 0.717) is 19.4 Å². The number of rotatable bonds is 6. The van der Waals surface area contributed by atoms with Crippen LogP contribution < -0.4 is 5.32 Å². The molecule has 0 spiro atoms. The number of carbonyl (C=O) groups is 1. The molecule has 1 saturated carbocycles. The highest BCUT2D eigenvalue weighted by molar-refractivity contribution is 5.79. The van der Waals surface area contributed by atoms with Gasteiger partial charge in [-0.05, 0) is 52.4 Å². The molecule has 2 aliphatic rings. The third-order valence-corrected chi connectivity index (χ3v) is 4.47. The molecule has 0 aromatic rings. The van der Waals surface area contributed by atoms with Gasteiger partial charge >= 0.3 is 5.97 Å². The predicted octanol–water partition coefficient (Wildman–Crippen LogP) is 2.34. The van der Waals surface area contributed by atoms with Gasteiger partial charge in [-0.1, -0.05) is 0 Å². The monoisotopic (exact) mass is 299 g/mol. The van der Waals surface area contributed by atoms with Gasteiger partial charge in [-0.25, -0.2) is 0 Å². The van der Waals surface area contributed by atoms with Crippen molar-refractivity contribution < 1.29 is 19.4 Å². The first-order chi connectivity index (χ1) is 10.0. The zero-order valence-corrected chi connectivity index (χ0v) is 13.3. The van der Waals surface area contributed by atoms with Crippen LogP contribution in [0.5, 0.6) is 0 Å². The van der Waals surface area contributed by atoms with E-state index in [1.807, 2.05) is 13.8 Å². The largest absolute Gasteiger partial charge is 0.480 e. The minimum absolute atomic E-state index is 0.0200. The van der Waals surface area contributed by atoms with Crippen LogP contribution in [-0.4, -0.2) is 48.1 Å². The molecule has 0 amide bonds. The second-order valence-corrected chi connectivity index (χ2v) is 6.73. The van der Waals surface area contributed by atoms with Crippen LogP contribution in [0.3, 0.4) is 0 Å². The molecule has 1 heterocycles. The van der Waals surface area contributed by atoms with Crippen molar-refractivity contribution in [3.8, 4) is 0 Å². The second kappa shape index (κ2) is 7.56. The summed E-state index contributed by atoms with van der Waals surface area (Å²) >= 11 is 0. The van der Waals surface area contributed by atoms with Crippen molar-refractivity contribution >= 4 is 5.97 Å². The summed E-state index contributed by atoms with van der Waals surface area (Å²) in [5, 5.41) is 12.9. The second-order valence-electron chi connectivity index (χ2n) is 6.73. The molecule has 2 rings (SSSR count). The summed E-state index contributed by atoms with van der Waals surface area (Å²) in [5.41, 5.74) is -0.829. The van der Waals surface area contributed by atoms with E-state index >= 15 is 0 Å². The van der Waals surface area contributed by atoms with E-state index in [1.165, 1.54) is 6.42 Å². The van der Waals surface area contributed by atoms with Gasteiger partial charge < -0.3 is 14.6 Å². The lowest BCUT2D eigenvalue weighted by Crippen LogP contribution is -2.58. The fraction of sp³-hybridized carbons (Fsp3) is 0.938. The van der Waals surface area contributed by atoms with Gasteiger partial charge in [-0.2, -0.15) is 0 Å². The minimum Gasteiger partial charge on any atom is -0.480 e. The molecular weight excluding hydrogens is 270 g/mol. The van der Waals surface area contributed by atoms with Crippen LogP contribution in [0.25, 0.3) is 0 Å². The first-order valence-corrected chi connectivity index (χ1v) is 8.26. The van der Waals surface area contributed by atoms with Crippen LogP contribution in [0, 0.1) is 0 Å². The Kier molecular flexibility index (Phi) is 6.02. The van der Waals surface area contributed by atoms with E-state index in [0.717, 1.165) is 32.3 Å². The number of hydrogen-bond acceptors (Lipinski definition) is 4. The fourth-order valence-corrected chi connectivity index (χ4v) is 3.49. The maximum atomic E-state index is 11.7. The summed E-state index contributed by atoms with van der Waals surface area (Å²) in [6.07, 6.45) is 6.68. The van der Waals surface area contributed by atoms with E-state index in [4.69, 9.17) is 9.47 Å². The molecule has 1 aliphatic heterocycles. The van der Waals surface area contributed by atoms with Crippen molar-refractivity contribution in [2.75, 3.05) is 13.2 Å². The molecule has 122 valence electrons. The molecule has 1 saturated heterocycles. The van der Waals surface area contributed by atoms with Gasteiger partial charge in [0.1, 0.15) is 5.54 Å². The molecule has 2 N–H and O–H groups in total. The molecule has 3 unspecified atom stereocenters. The normalized spacial score (nSPS) is 34.0. The Balaban J connectivity index is 1.87. The summed E-state index contributed by atoms with van der Waals surface area (Å²) < 4.78 is 11.7. The minimum atomic E-state index is -0.829. The van der Waals surface area contributed by atoms with Crippen molar-refractivity contribution in [2.24, 2.45) is 0 Å².